The van der Waals surface area contributed by atoms with Crippen LogP contribution in [0.2, 0.25) is 0 Å². The molecule has 0 aromatic carbocycles. The first kappa shape index (κ1) is 13.7. The maximum Gasteiger partial charge on any atom is 0.225 e. The van der Waals surface area contributed by atoms with E-state index in [0.717, 1.165) is 33.4 Å². The highest BCUT2D eigenvalue weighted by Crippen LogP contribution is 2.26. The third kappa shape index (κ3) is 3.92. The fraction of sp³-hybridized carbons (Fsp3) is 0.692. The molecule has 0 spiro atoms. The van der Waals surface area contributed by atoms with Crippen molar-refractivity contribution in [3.63, 3.8) is 0 Å². The molecule has 2 N–H and O–H groups in total. The van der Waals surface area contributed by atoms with E-state index in [9.17, 15) is 4.79 Å². The molecule has 1 fully saturated rings. The van der Waals surface area contributed by atoms with Crippen molar-refractivity contribution in [2.24, 2.45) is 5.92 Å². The van der Waals surface area contributed by atoms with Crippen LogP contribution in [0.15, 0.2) is 0 Å². The van der Waals surface area contributed by atoms with Gasteiger partial charge in [-0.25, -0.2) is 0 Å². The van der Waals surface area contributed by atoms with Gasteiger partial charge in [0, 0.05) is 17.1 Å². The first-order valence-corrected chi connectivity index (χ1v) is 7.83. The van der Waals surface area contributed by atoms with E-state index in [-0.39, 0.29) is 5.91 Å². The van der Waals surface area contributed by atoms with Crippen LogP contribution in [0.3, 0.4) is 0 Å². The van der Waals surface area contributed by atoms with Gasteiger partial charge in [-0.1, -0.05) is 25.7 Å². The maximum absolute atomic E-state index is 11.8. The molecule has 1 aromatic rings. The van der Waals surface area contributed by atoms with Crippen LogP contribution in [0, 0.1) is 16.8 Å². The summed E-state index contributed by atoms with van der Waals surface area (Å²) in [5.74, 6) is 0.947. The molecule has 0 aliphatic heterocycles. The number of aryl methyl sites for hydroxylation is 1. The van der Waals surface area contributed by atoms with Gasteiger partial charge < -0.3 is 10.3 Å². The minimum absolute atomic E-state index is 0.112. The molecule has 100 valence electrons. The van der Waals surface area contributed by atoms with Gasteiger partial charge in [0.05, 0.1) is 6.42 Å². The van der Waals surface area contributed by atoms with E-state index in [4.69, 9.17) is 12.2 Å². The average molecular weight is 284 g/mol. The van der Waals surface area contributed by atoms with Crippen LogP contribution in [0.25, 0.3) is 0 Å². The van der Waals surface area contributed by atoms with Gasteiger partial charge in [0.15, 0.2) is 3.95 Å². The van der Waals surface area contributed by atoms with Gasteiger partial charge >= 0.3 is 0 Å². The Labute approximate surface area is 117 Å². The number of nitrogens with one attached hydrogen (secondary N) is 2. The monoisotopic (exact) mass is 284 g/mol. The van der Waals surface area contributed by atoms with Gasteiger partial charge in [-0.2, -0.15) is 0 Å². The summed E-state index contributed by atoms with van der Waals surface area (Å²) in [6, 6.07) is 0. The fourth-order valence-electron chi connectivity index (χ4n) is 2.53. The number of aromatic nitrogens is 1. The van der Waals surface area contributed by atoms with E-state index in [2.05, 4.69) is 10.3 Å². The highest BCUT2D eigenvalue weighted by atomic mass is 32.1. The molecule has 1 heterocycles. The number of rotatable bonds is 5. The summed E-state index contributed by atoms with van der Waals surface area (Å²) >= 11 is 6.56. The van der Waals surface area contributed by atoms with Crippen molar-refractivity contribution in [1.29, 1.82) is 0 Å². The van der Waals surface area contributed by atoms with Crippen molar-refractivity contribution in [2.75, 3.05) is 6.54 Å². The molecular weight excluding hydrogens is 264 g/mol. The van der Waals surface area contributed by atoms with Crippen molar-refractivity contribution in [1.82, 2.24) is 10.3 Å². The Bertz CT molecular complexity index is 458. The summed E-state index contributed by atoms with van der Waals surface area (Å²) in [6.07, 6.45) is 7.00. The zero-order valence-electron chi connectivity index (χ0n) is 10.8. The molecule has 0 unspecified atom stereocenters. The second-order valence-electron chi connectivity index (χ2n) is 5.03. The highest BCUT2D eigenvalue weighted by Gasteiger charge is 2.15. The van der Waals surface area contributed by atoms with Gasteiger partial charge in [-0.3, -0.25) is 4.79 Å². The third-order valence-electron chi connectivity index (χ3n) is 3.59. The predicted molar refractivity (Wildman–Crippen MR) is 77.5 cm³/mol. The molecule has 18 heavy (non-hydrogen) atoms. The molecule has 0 saturated heterocycles. The molecule has 1 aliphatic carbocycles. The van der Waals surface area contributed by atoms with Crippen LogP contribution >= 0.6 is 23.6 Å². The Morgan fingerprint density at radius 2 is 2.22 bits per heavy atom. The average Bonchev–Trinajstić information content (AvgIpc) is 2.90. The molecule has 0 bridgehead atoms. The lowest BCUT2D eigenvalue weighted by Crippen LogP contribution is -2.27. The first-order chi connectivity index (χ1) is 8.65. The summed E-state index contributed by atoms with van der Waals surface area (Å²) in [5, 5.41) is 3.01. The Morgan fingerprint density at radius 3 is 2.83 bits per heavy atom. The smallest absolute Gasteiger partial charge is 0.225 e. The van der Waals surface area contributed by atoms with E-state index >= 15 is 0 Å². The van der Waals surface area contributed by atoms with E-state index in [0.29, 0.717) is 6.42 Å². The number of carbonyl (C=O) groups is 1. The molecule has 1 saturated carbocycles. The maximum atomic E-state index is 11.8. The number of carbonyl (C=O) groups excluding carboxylic acids is 1. The number of hydrogen-bond donors (Lipinski definition) is 2. The van der Waals surface area contributed by atoms with Gasteiger partial charge in [0.2, 0.25) is 5.91 Å². The summed E-state index contributed by atoms with van der Waals surface area (Å²) in [6.45, 7) is 2.78. The molecular formula is C13H20N2OS2. The summed E-state index contributed by atoms with van der Waals surface area (Å²) in [5.41, 5.74) is 1.02. The minimum atomic E-state index is 0.112. The lowest BCUT2D eigenvalue weighted by Gasteiger charge is -2.09. The Morgan fingerprint density at radius 1 is 1.50 bits per heavy atom. The number of H-pyrrole nitrogens is 1. The first-order valence-electron chi connectivity index (χ1n) is 6.60. The lowest BCUT2D eigenvalue weighted by atomic mass is 10.0. The Hall–Kier alpha value is -0.680. The molecule has 2 rings (SSSR count). The van der Waals surface area contributed by atoms with Crippen LogP contribution in [0.5, 0.6) is 0 Å². The molecule has 3 nitrogen and oxygen atoms in total. The van der Waals surface area contributed by atoms with Crippen molar-refractivity contribution >= 4 is 29.5 Å². The van der Waals surface area contributed by atoms with Gasteiger partial charge in [0.25, 0.3) is 0 Å². The van der Waals surface area contributed by atoms with Gasteiger partial charge in [0.1, 0.15) is 0 Å². The zero-order valence-corrected chi connectivity index (χ0v) is 12.4. The largest absolute Gasteiger partial charge is 0.356 e. The van der Waals surface area contributed by atoms with E-state index in [1.54, 1.807) is 0 Å². The van der Waals surface area contributed by atoms with Gasteiger partial charge in [-0.15, -0.1) is 11.3 Å². The molecule has 1 amide bonds. The number of thiazole rings is 1. The van der Waals surface area contributed by atoms with E-state index in [1.807, 2.05) is 6.92 Å². The van der Waals surface area contributed by atoms with Crippen LogP contribution in [0.1, 0.15) is 42.7 Å². The predicted octanol–water partition coefficient (Wildman–Crippen LogP) is 3.35. The normalized spacial score (nSPS) is 16.1. The second-order valence-corrected chi connectivity index (χ2v) is 6.80. The number of hydrogen-bond acceptors (Lipinski definition) is 3. The SMILES string of the molecule is Cc1[nH]c(=S)sc1CC(=O)NCCC1CCCC1. The zero-order chi connectivity index (χ0) is 13.0. The quantitative estimate of drug-likeness (QED) is 0.814. The van der Waals surface area contributed by atoms with Crippen LogP contribution in [-0.2, 0) is 11.2 Å². The van der Waals surface area contributed by atoms with Crippen molar-refractivity contribution < 1.29 is 4.79 Å². The van der Waals surface area contributed by atoms with Crippen molar-refractivity contribution in [2.45, 2.75) is 45.4 Å². The van der Waals surface area contributed by atoms with Crippen molar-refractivity contribution in [3.05, 3.63) is 14.5 Å². The molecule has 5 heteroatoms. The Balaban J connectivity index is 1.71. The standard InChI is InChI=1S/C13H20N2OS2/c1-9-11(18-13(17)15-9)8-12(16)14-7-6-10-4-2-3-5-10/h10H,2-8H2,1H3,(H,14,16)(H,15,17). The van der Waals surface area contributed by atoms with E-state index < -0.39 is 0 Å². The topological polar surface area (TPSA) is 44.9 Å². The number of amides is 1. The minimum Gasteiger partial charge on any atom is -0.356 e. The van der Waals surface area contributed by atoms with Crippen molar-refractivity contribution in [3.8, 4) is 0 Å². The van der Waals surface area contributed by atoms with E-state index in [1.165, 1.54) is 37.0 Å². The second kappa shape index (κ2) is 6.48. The van der Waals surface area contributed by atoms with Crippen LogP contribution in [-0.4, -0.2) is 17.4 Å². The lowest BCUT2D eigenvalue weighted by molar-refractivity contribution is -0.120. The molecule has 0 atom stereocenters. The Kier molecular flexibility index (Phi) is 4.95. The molecule has 1 aliphatic rings. The molecule has 0 radical (unpaired) electrons. The van der Waals surface area contributed by atoms with Crippen LogP contribution in [0.4, 0.5) is 0 Å². The van der Waals surface area contributed by atoms with Crippen LogP contribution < -0.4 is 5.32 Å². The summed E-state index contributed by atoms with van der Waals surface area (Å²) < 4.78 is 0.751. The third-order valence-corrected chi connectivity index (χ3v) is 4.93. The number of aromatic amines is 1. The van der Waals surface area contributed by atoms with Gasteiger partial charge in [-0.05, 0) is 31.5 Å². The summed E-state index contributed by atoms with van der Waals surface area (Å²) in [7, 11) is 0. The molecule has 1 aromatic heterocycles. The highest BCUT2D eigenvalue weighted by molar-refractivity contribution is 7.73. The summed E-state index contributed by atoms with van der Waals surface area (Å²) in [4.78, 5) is 15.9. The fourth-order valence-corrected chi connectivity index (χ4v) is 3.82.